The van der Waals surface area contributed by atoms with Crippen molar-refractivity contribution < 1.29 is 0 Å². The number of anilines is 1. The van der Waals surface area contributed by atoms with E-state index in [1.165, 1.54) is 5.56 Å². The monoisotopic (exact) mass is 341 g/mol. The molecule has 0 saturated heterocycles. The summed E-state index contributed by atoms with van der Waals surface area (Å²) in [6, 6.07) is 16.4. The highest BCUT2D eigenvalue weighted by molar-refractivity contribution is 9.10. The van der Waals surface area contributed by atoms with Crippen LogP contribution in [0.2, 0.25) is 0 Å². The predicted octanol–water partition coefficient (Wildman–Crippen LogP) is 4.41. The van der Waals surface area contributed by atoms with Crippen LogP contribution in [0.3, 0.4) is 0 Å². The van der Waals surface area contributed by atoms with E-state index in [2.05, 4.69) is 52.2 Å². The van der Waals surface area contributed by atoms with Crippen molar-refractivity contribution in [1.29, 1.82) is 0 Å². The molecule has 0 bridgehead atoms. The van der Waals surface area contributed by atoms with Gasteiger partial charge in [0.25, 0.3) is 0 Å². The number of aryl methyl sites for hydroxylation is 2. The number of nitrogens with zero attached hydrogens (tertiary/aromatic N) is 2. The van der Waals surface area contributed by atoms with E-state index in [4.69, 9.17) is 5.73 Å². The molecule has 0 aliphatic carbocycles. The summed E-state index contributed by atoms with van der Waals surface area (Å²) < 4.78 is 2.83. The van der Waals surface area contributed by atoms with Crippen LogP contribution in [-0.4, -0.2) is 9.78 Å². The van der Waals surface area contributed by atoms with Gasteiger partial charge >= 0.3 is 0 Å². The van der Waals surface area contributed by atoms with Crippen molar-refractivity contribution in [2.75, 3.05) is 5.73 Å². The number of rotatable bonds is 2. The van der Waals surface area contributed by atoms with Crippen molar-refractivity contribution in [3.8, 4) is 22.4 Å². The molecule has 0 aliphatic rings. The minimum Gasteiger partial charge on any atom is -0.383 e. The Bertz CT molecular complexity index is 791. The van der Waals surface area contributed by atoms with Gasteiger partial charge in [-0.2, -0.15) is 5.10 Å². The zero-order valence-corrected chi connectivity index (χ0v) is 13.6. The van der Waals surface area contributed by atoms with Crippen LogP contribution in [0.15, 0.2) is 53.0 Å². The Morgan fingerprint density at radius 1 is 1.05 bits per heavy atom. The molecular formula is C17H16BrN3. The Kier molecular flexibility index (Phi) is 3.55. The van der Waals surface area contributed by atoms with Gasteiger partial charge in [-0.3, -0.25) is 4.68 Å². The largest absolute Gasteiger partial charge is 0.383 e. The third-order valence-corrected chi connectivity index (χ3v) is 4.48. The maximum absolute atomic E-state index is 6.23. The molecule has 0 amide bonds. The zero-order chi connectivity index (χ0) is 15.0. The summed E-state index contributed by atoms with van der Waals surface area (Å²) in [5, 5.41) is 4.60. The first-order chi connectivity index (χ1) is 10.1. The van der Waals surface area contributed by atoms with Gasteiger partial charge in [0.05, 0.1) is 5.56 Å². The van der Waals surface area contributed by atoms with Gasteiger partial charge in [-0.1, -0.05) is 52.3 Å². The number of aromatic nitrogens is 2. The number of benzene rings is 2. The molecule has 0 aliphatic heterocycles. The smallest absolute Gasteiger partial charge is 0.129 e. The summed E-state index contributed by atoms with van der Waals surface area (Å²) >= 11 is 3.53. The minimum atomic E-state index is 0.678. The molecule has 2 N–H and O–H groups in total. The maximum Gasteiger partial charge on any atom is 0.129 e. The van der Waals surface area contributed by atoms with Gasteiger partial charge in [0.1, 0.15) is 11.5 Å². The first kappa shape index (κ1) is 13.9. The first-order valence-electron chi connectivity index (χ1n) is 6.72. The standard InChI is InChI=1S/C17H16BrN3/c1-11-10-13(8-9-14(11)18)16-15(17(19)21(2)20-16)12-6-4-3-5-7-12/h3-10H,19H2,1-2H3. The quantitative estimate of drug-likeness (QED) is 0.750. The van der Waals surface area contributed by atoms with E-state index >= 15 is 0 Å². The van der Waals surface area contributed by atoms with Gasteiger partial charge in [-0.05, 0) is 30.2 Å². The lowest BCUT2D eigenvalue weighted by molar-refractivity contribution is 0.782. The lowest BCUT2D eigenvalue weighted by Crippen LogP contribution is -1.97. The van der Waals surface area contributed by atoms with Crippen LogP contribution < -0.4 is 5.73 Å². The summed E-state index contributed by atoms with van der Waals surface area (Å²) in [4.78, 5) is 0. The molecule has 3 aromatic rings. The van der Waals surface area contributed by atoms with Crippen LogP contribution >= 0.6 is 15.9 Å². The Morgan fingerprint density at radius 3 is 2.43 bits per heavy atom. The molecule has 3 rings (SSSR count). The fourth-order valence-electron chi connectivity index (χ4n) is 2.42. The van der Waals surface area contributed by atoms with Crippen molar-refractivity contribution in [3.05, 3.63) is 58.6 Å². The van der Waals surface area contributed by atoms with Gasteiger partial charge in [0, 0.05) is 17.1 Å². The van der Waals surface area contributed by atoms with E-state index in [1.54, 1.807) is 4.68 Å². The molecule has 0 atom stereocenters. The fourth-order valence-corrected chi connectivity index (χ4v) is 2.67. The molecule has 2 aromatic carbocycles. The second-order valence-electron chi connectivity index (χ2n) is 5.06. The fraction of sp³-hybridized carbons (Fsp3) is 0.118. The average molecular weight is 342 g/mol. The molecule has 0 saturated carbocycles. The Labute approximate surface area is 132 Å². The Hall–Kier alpha value is -2.07. The van der Waals surface area contributed by atoms with Gasteiger partial charge in [-0.15, -0.1) is 0 Å². The number of nitrogens with two attached hydrogens (primary N) is 1. The van der Waals surface area contributed by atoms with Crippen molar-refractivity contribution >= 4 is 21.7 Å². The topological polar surface area (TPSA) is 43.8 Å². The molecule has 3 nitrogen and oxygen atoms in total. The third kappa shape index (κ3) is 2.47. The Balaban J connectivity index is 2.24. The van der Waals surface area contributed by atoms with Gasteiger partial charge < -0.3 is 5.73 Å². The lowest BCUT2D eigenvalue weighted by atomic mass is 10.00. The molecule has 106 valence electrons. The molecule has 21 heavy (non-hydrogen) atoms. The summed E-state index contributed by atoms with van der Waals surface area (Å²) in [6.07, 6.45) is 0. The minimum absolute atomic E-state index is 0.678. The zero-order valence-electron chi connectivity index (χ0n) is 12.0. The summed E-state index contributed by atoms with van der Waals surface area (Å²) in [6.45, 7) is 2.07. The number of hydrogen-bond donors (Lipinski definition) is 1. The van der Waals surface area contributed by atoms with Gasteiger partial charge in [-0.25, -0.2) is 0 Å². The van der Waals surface area contributed by atoms with Gasteiger partial charge in [0.2, 0.25) is 0 Å². The molecular weight excluding hydrogens is 326 g/mol. The van der Waals surface area contributed by atoms with E-state index in [0.717, 1.165) is 26.9 Å². The SMILES string of the molecule is Cc1cc(-c2nn(C)c(N)c2-c2ccccc2)ccc1Br. The van der Waals surface area contributed by atoms with E-state index in [-0.39, 0.29) is 0 Å². The van der Waals surface area contributed by atoms with Crippen LogP contribution in [-0.2, 0) is 7.05 Å². The predicted molar refractivity (Wildman–Crippen MR) is 90.9 cm³/mol. The maximum atomic E-state index is 6.23. The summed E-state index contributed by atoms with van der Waals surface area (Å²) in [5.74, 6) is 0.678. The number of nitrogen functional groups attached to an aromatic ring is 1. The van der Waals surface area contributed by atoms with Crippen molar-refractivity contribution in [2.45, 2.75) is 6.92 Å². The van der Waals surface area contributed by atoms with E-state index in [0.29, 0.717) is 5.82 Å². The van der Waals surface area contributed by atoms with Crippen LogP contribution in [0.1, 0.15) is 5.56 Å². The molecule has 1 heterocycles. The van der Waals surface area contributed by atoms with Crippen LogP contribution in [0.5, 0.6) is 0 Å². The second kappa shape index (κ2) is 5.37. The van der Waals surface area contributed by atoms with Crippen LogP contribution in [0.25, 0.3) is 22.4 Å². The molecule has 4 heteroatoms. The molecule has 0 spiro atoms. The number of halogens is 1. The summed E-state index contributed by atoms with van der Waals surface area (Å²) in [5.41, 5.74) is 11.5. The van der Waals surface area contributed by atoms with Crippen molar-refractivity contribution in [2.24, 2.45) is 7.05 Å². The highest BCUT2D eigenvalue weighted by Gasteiger charge is 2.17. The van der Waals surface area contributed by atoms with E-state index in [1.807, 2.05) is 31.3 Å². The Morgan fingerprint density at radius 2 is 1.76 bits per heavy atom. The number of hydrogen-bond acceptors (Lipinski definition) is 2. The second-order valence-corrected chi connectivity index (χ2v) is 5.92. The average Bonchev–Trinajstić information content (AvgIpc) is 2.79. The van der Waals surface area contributed by atoms with E-state index < -0.39 is 0 Å². The highest BCUT2D eigenvalue weighted by Crippen LogP contribution is 2.36. The molecule has 1 aromatic heterocycles. The van der Waals surface area contributed by atoms with Crippen LogP contribution in [0.4, 0.5) is 5.82 Å². The third-order valence-electron chi connectivity index (χ3n) is 3.59. The van der Waals surface area contributed by atoms with Gasteiger partial charge in [0.15, 0.2) is 0 Å². The molecule has 0 fully saturated rings. The normalized spacial score (nSPS) is 10.8. The van der Waals surface area contributed by atoms with Crippen molar-refractivity contribution in [1.82, 2.24) is 9.78 Å². The van der Waals surface area contributed by atoms with Crippen LogP contribution in [0, 0.1) is 6.92 Å². The molecule has 0 unspecified atom stereocenters. The van der Waals surface area contributed by atoms with Crippen molar-refractivity contribution in [3.63, 3.8) is 0 Å². The van der Waals surface area contributed by atoms with E-state index in [9.17, 15) is 0 Å². The lowest BCUT2D eigenvalue weighted by Gasteiger charge is -2.06. The summed E-state index contributed by atoms with van der Waals surface area (Å²) in [7, 11) is 1.87. The highest BCUT2D eigenvalue weighted by atomic mass is 79.9. The first-order valence-corrected chi connectivity index (χ1v) is 7.51. The molecule has 0 radical (unpaired) electrons.